The van der Waals surface area contributed by atoms with Gasteiger partial charge in [-0.25, -0.2) is 0 Å². The molecule has 2 nitrogen and oxygen atoms in total. The first kappa shape index (κ1) is 12.4. The van der Waals surface area contributed by atoms with Gasteiger partial charge in [-0.3, -0.25) is 0 Å². The van der Waals surface area contributed by atoms with E-state index in [9.17, 15) is 5.11 Å². The van der Waals surface area contributed by atoms with Crippen molar-refractivity contribution < 1.29 is 5.11 Å². The van der Waals surface area contributed by atoms with Gasteiger partial charge in [0, 0.05) is 12.1 Å². The fourth-order valence-corrected chi connectivity index (χ4v) is 3.67. The summed E-state index contributed by atoms with van der Waals surface area (Å²) in [5.74, 6) is 1.88. The van der Waals surface area contributed by atoms with E-state index in [0.717, 1.165) is 18.3 Å². The fourth-order valence-electron chi connectivity index (χ4n) is 3.67. The number of aliphatic hydroxyl groups is 1. The van der Waals surface area contributed by atoms with Crippen LogP contribution in [-0.4, -0.2) is 23.8 Å². The molecule has 0 radical (unpaired) electrons. The highest BCUT2D eigenvalue weighted by atomic mass is 16.3. The summed E-state index contributed by atoms with van der Waals surface area (Å²) in [5, 5.41) is 13.2. The summed E-state index contributed by atoms with van der Waals surface area (Å²) in [6.45, 7) is 7.03. The number of fused-ring (bicyclic) bond motifs is 2. The Balaban J connectivity index is 1.83. The molecule has 2 aliphatic carbocycles. The average molecular weight is 225 g/mol. The van der Waals surface area contributed by atoms with Gasteiger partial charge in [-0.15, -0.1) is 0 Å². The van der Waals surface area contributed by atoms with Gasteiger partial charge in [0.05, 0.1) is 6.61 Å². The van der Waals surface area contributed by atoms with Gasteiger partial charge in [-0.2, -0.15) is 0 Å². The lowest BCUT2D eigenvalue weighted by Gasteiger charge is -2.31. The summed E-state index contributed by atoms with van der Waals surface area (Å²) in [5.41, 5.74) is 0.304. The maximum absolute atomic E-state index is 9.46. The zero-order valence-electron chi connectivity index (χ0n) is 11.0. The topological polar surface area (TPSA) is 32.3 Å². The predicted octanol–water partition coefficient (Wildman–Crippen LogP) is 2.56. The van der Waals surface area contributed by atoms with E-state index in [0.29, 0.717) is 17.5 Å². The Labute approximate surface area is 99.8 Å². The van der Waals surface area contributed by atoms with Crippen LogP contribution in [0, 0.1) is 17.3 Å². The molecule has 2 rings (SSSR count). The van der Waals surface area contributed by atoms with Crippen LogP contribution in [0.3, 0.4) is 0 Å². The summed E-state index contributed by atoms with van der Waals surface area (Å²) >= 11 is 0. The molecule has 2 aliphatic rings. The van der Waals surface area contributed by atoms with E-state index < -0.39 is 0 Å². The van der Waals surface area contributed by atoms with Crippen LogP contribution in [0.4, 0.5) is 0 Å². The van der Waals surface area contributed by atoms with Crippen molar-refractivity contribution >= 4 is 0 Å². The minimum Gasteiger partial charge on any atom is -0.395 e. The third-order valence-corrected chi connectivity index (χ3v) is 4.27. The molecule has 0 amide bonds. The first-order chi connectivity index (χ1) is 7.48. The second-order valence-corrected chi connectivity index (χ2v) is 7.09. The van der Waals surface area contributed by atoms with E-state index in [4.69, 9.17) is 0 Å². The lowest BCUT2D eigenvalue weighted by Crippen LogP contribution is -2.44. The summed E-state index contributed by atoms with van der Waals surface area (Å²) in [6, 6.07) is 0.989. The maximum atomic E-state index is 9.46. The van der Waals surface area contributed by atoms with Crippen LogP contribution in [0.15, 0.2) is 0 Å². The molecule has 0 saturated heterocycles. The van der Waals surface area contributed by atoms with Crippen LogP contribution in [-0.2, 0) is 0 Å². The normalized spacial score (nSPS) is 35.6. The zero-order chi connectivity index (χ0) is 11.8. The lowest BCUT2D eigenvalue weighted by atomic mass is 9.87. The molecule has 2 fully saturated rings. The largest absolute Gasteiger partial charge is 0.395 e. The summed E-state index contributed by atoms with van der Waals surface area (Å²) < 4.78 is 0. The molecule has 94 valence electrons. The van der Waals surface area contributed by atoms with E-state index in [-0.39, 0.29) is 6.61 Å². The van der Waals surface area contributed by atoms with E-state index in [1.54, 1.807) is 0 Å². The minimum atomic E-state index is 0.283. The number of aliphatic hydroxyl groups excluding tert-OH is 1. The smallest absolute Gasteiger partial charge is 0.0584 e. The Morgan fingerprint density at radius 2 is 2.00 bits per heavy atom. The van der Waals surface area contributed by atoms with Crippen LogP contribution in [0.2, 0.25) is 0 Å². The van der Waals surface area contributed by atoms with Crippen LogP contribution < -0.4 is 5.32 Å². The number of rotatable bonds is 4. The second kappa shape index (κ2) is 4.66. The second-order valence-electron chi connectivity index (χ2n) is 7.09. The molecule has 0 spiro atoms. The lowest BCUT2D eigenvalue weighted by molar-refractivity contribution is 0.175. The van der Waals surface area contributed by atoms with Crippen molar-refractivity contribution in [3.8, 4) is 0 Å². The first-order valence-electron chi connectivity index (χ1n) is 6.85. The average Bonchev–Trinajstić information content (AvgIpc) is 2.75. The highest BCUT2D eigenvalue weighted by Crippen LogP contribution is 2.44. The molecule has 0 aromatic carbocycles. The van der Waals surface area contributed by atoms with Crippen molar-refractivity contribution in [2.24, 2.45) is 17.3 Å². The molecule has 4 unspecified atom stereocenters. The molecule has 0 aliphatic heterocycles. The fraction of sp³-hybridized carbons (Fsp3) is 1.00. The minimum absolute atomic E-state index is 0.283. The van der Waals surface area contributed by atoms with Gasteiger partial charge in [0.15, 0.2) is 0 Å². The van der Waals surface area contributed by atoms with Crippen molar-refractivity contribution in [1.82, 2.24) is 5.32 Å². The molecule has 4 atom stereocenters. The van der Waals surface area contributed by atoms with Crippen molar-refractivity contribution in [3.63, 3.8) is 0 Å². The van der Waals surface area contributed by atoms with Crippen LogP contribution >= 0.6 is 0 Å². The number of hydrogen-bond acceptors (Lipinski definition) is 2. The van der Waals surface area contributed by atoms with Crippen molar-refractivity contribution in [2.45, 2.75) is 65.0 Å². The van der Waals surface area contributed by atoms with Crippen LogP contribution in [0.5, 0.6) is 0 Å². The standard InChI is InChI=1S/C14H27NO/c1-14(2,3)8-12(9-16)15-13-7-10-4-5-11(13)6-10/h10-13,15-16H,4-9H2,1-3H3. The molecule has 0 heterocycles. The van der Waals surface area contributed by atoms with Crippen molar-refractivity contribution in [1.29, 1.82) is 0 Å². The van der Waals surface area contributed by atoms with Gasteiger partial charge < -0.3 is 10.4 Å². The monoisotopic (exact) mass is 225 g/mol. The molecular weight excluding hydrogens is 198 g/mol. The summed E-state index contributed by atoms with van der Waals surface area (Å²) in [6.07, 6.45) is 6.72. The molecule has 2 bridgehead atoms. The Morgan fingerprint density at radius 3 is 2.44 bits per heavy atom. The molecule has 2 saturated carbocycles. The van der Waals surface area contributed by atoms with Gasteiger partial charge in [-0.05, 0) is 42.9 Å². The first-order valence-corrected chi connectivity index (χ1v) is 6.85. The molecule has 2 N–H and O–H groups in total. The Morgan fingerprint density at radius 1 is 1.25 bits per heavy atom. The van der Waals surface area contributed by atoms with E-state index in [2.05, 4.69) is 26.1 Å². The quantitative estimate of drug-likeness (QED) is 0.770. The highest BCUT2D eigenvalue weighted by Gasteiger charge is 2.40. The SMILES string of the molecule is CC(C)(C)CC(CO)NC1CC2CCC1C2. The van der Waals surface area contributed by atoms with Crippen LogP contribution in [0.1, 0.15) is 52.9 Å². The summed E-state index contributed by atoms with van der Waals surface area (Å²) in [4.78, 5) is 0. The van der Waals surface area contributed by atoms with E-state index >= 15 is 0 Å². The van der Waals surface area contributed by atoms with Gasteiger partial charge in [0.25, 0.3) is 0 Å². The third kappa shape index (κ3) is 2.98. The Kier molecular flexibility index (Phi) is 3.60. The van der Waals surface area contributed by atoms with Gasteiger partial charge >= 0.3 is 0 Å². The van der Waals surface area contributed by atoms with Gasteiger partial charge in [-0.1, -0.05) is 27.2 Å². The number of nitrogens with one attached hydrogen (secondary N) is 1. The number of hydrogen-bond donors (Lipinski definition) is 2. The van der Waals surface area contributed by atoms with Gasteiger partial charge in [0.2, 0.25) is 0 Å². The Hall–Kier alpha value is -0.0800. The highest BCUT2D eigenvalue weighted by molar-refractivity contribution is 4.95. The third-order valence-electron chi connectivity index (χ3n) is 4.27. The van der Waals surface area contributed by atoms with Crippen LogP contribution in [0.25, 0.3) is 0 Å². The predicted molar refractivity (Wildman–Crippen MR) is 67.3 cm³/mol. The maximum Gasteiger partial charge on any atom is 0.0584 e. The zero-order valence-corrected chi connectivity index (χ0v) is 11.0. The van der Waals surface area contributed by atoms with Gasteiger partial charge in [0.1, 0.15) is 0 Å². The molecule has 0 aromatic heterocycles. The molecule has 16 heavy (non-hydrogen) atoms. The van der Waals surface area contributed by atoms with Crippen molar-refractivity contribution in [2.75, 3.05) is 6.61 Å². The Bertz CT molecular complexity index is 233. The van der Waals surface area contributed by atoms with Crippen molar-refractivity contribution in [3.05, 3.63) is 0 Å². The molecule has 2 heteroatoms. The molecular formula is C14H27NO. The summed E-state index contributed by atoms with van der Waals surface area (Å²) in [7, 11) is 0. The van der Waals surface area contributed by atoms with E-state index in [1.807, 2.05) is 0 Å². The van der Waals surface area contributed by atoms with E-state index in [1.165, 1.54) is 25.7 Å². The molecule has 0 aromatic rings.